The van der Waals surface area contributed by atoms with Crippen molar-refractivity contribution in [2.24, 2.45) is 7.05 Å². The van der Waals surface area contributed by atoms with Crippen LogP contribution in [0.4, 0.5) is 0 Å². The average molecular weight is 226 g/mol. The van der Waals surface area contributed by atoms with Crippen molar-refractivity contribution in [2.45, 2.75) is 6.92 Å². The smallest absolute Gasteiger partial charge is 0.354 e. The number of carboxylic acids is 1. The minimum atomic E-state index is -1.07. The van der Waals surface area contributed by atoms with Gasteiger partial charge in [0.15, 0.2) is 11.3 Å². The van der Waals surface area contributed by atoms with Gasteiger partial charge in [0.1, 0.15) is 5.15 Å². The number of hydrogen-bond acceptors (Lipinski definition) is 3. The van der Waals surface area contributed by atoms with Gasteiger partial charge < -0.3 is 5.11 Å². The summed E-state index contributed by atoms with van der Waals surface area (Å²) in [5.74, 6) is -1.07. The van der Waals surface area contributed by atoms with Crippen LogP contribution in [0.2, 0.25) is 5.15 Å². The van der Waals surface area contributed by atoms with Gasteiger partial charge in [0, 0.05) is 7.05 Å². The van der Waals surface area contributed by atoms with Crippen LogP contribution < -0.4 is 0 Å². The van der Waals surface area contributed by atoms with Crippen molar-refractivity contribution in [1.82, 2.24) is 14.8 Å². The molecule has 2 aromatic rings. The second-order valence-electron chi connectivity index (χ2n) is 3.24. The summed E-state index contributed by atoms with van der Waals surface area (Å²) in [5.41, 5.74) is 1.10. The fraction of sp³-hybridized carbons (Fsp3) is 0.222. The number of fused-ring (bicyclic) bond motifs is 1. The minimum Gasteiger partial charge on any atom is -0.477 e. The molecule has 0 unspecified atom stereocenters. The SMILES string of the molecule is Cc1cc(C(=O)O)nc2nn(C)c(Cl)c12. The quantitative estimate of drug-likeness (QED) is 0.801. The molecule has 0 spiro atoms. The number of nitrogens with zero attached hydrogens (tertiary/aromatic N) is 3. The third-order valence-corrected chi connectivity index (χ3v) is 2.59. The van der Waals surface area contributed by atoms with Crippen LogP contribution in [0.15, 0.2) is 6.07 Å². The molecule has 1 N–H and O–H groups in total. The van der Waals surface area contributed by atoms with Gasteiger partial charge in [-0.15, -0.1) is 0 Å². The Bertz CT molecular complexity index is 562. The van der Waals surface area contributed by atoms with E-state index in [2.05, 4.69) is 10.1 Å². The molecular formula is C9H8ClN3O2. The molecular weight excluding hydrogens is 218 g/mol. The van der Waals surface area contributed by atoms with Crippen LogP contribution in [-0.2, 0) is 7.05 Å². The molecule has 0 amide bonds. The molecule has 0 bridgehead atoms. The highest BCUT2D eigenvalue weighted by Gasteiger charge is 2.14. The van der Waals surface area contributed by atoms with Crippen molar-refractivity contribution < 1.29 is 9.90 Å². The Morgan fingerprint density at radius 1 is 1.60 bits per heavy atom. The first kappa shape index (κ1) is 9.92. The van der Waals surface area contributed by atoms with Gasteiger partial charge in [-0.25, -0.2) is 9.78 Å². The van der Waals surface area contributed by atoms with Gasteiger partial charge >= 0.3 is 5.97 Å². The van der Waals surface area contributed by atoms with E-state index >= 15 is 0 Å². The van der Waals surface area contributed by atoms with Gasteiger partial charge in [-0.2, -0.15) is 5.10 Å². The second-order valence-corrected chi connectivity index (χ2v) is 3.60. The summed E-state index contributed by atoms with van der Waals surface area (Å²) in [4.78, 5) is 14.7. The summed E-state index contributed by atoms with van der Waals surface area (Å²) < 4.78 is 1.47. The maximum absolute atomic E-state index is 10.8. The standard InChI is InChI=1S/C9H8ClN3O2/c1-4-3-5(9(14)15)11-8-6(4)7(10)13(2)12-8/h3H,1-2H3,(H,14,15). The topological polar surface area (TPSA) is 68.0 Å². The second kappa shape index (κ2) is 3.20. The van der Waals surface area contributed by atoms with E-state index in [-0.39, 0.29) is 5.69 Å². The van der Waals surface area contributed by atoms with E-state index in [1.54, 1.807) is 14.0 Å². The van der Waals surface area contributed by atoms with E-state index in [1.165, 1.54) is 10.7 Å². The molecule has 0 aliphatic carbocycles. The van der Waals surface area contributed by atoms with Crippen LogP contribution in [0, 0.1) is 6.92 Å². The zero-order chi connectivity index (χ0) is 11.2. The third-order valence-electron chi connectivity index (χ3n) is 2.15. The van der Waals surface area contributed by atoms with Gasteiger partial charge in [0.2, 0.25) is 0 Å². The molecule has 0 atom stereocenters. The van der Waals surface area contributed by atoms with Crippen molar-refractivity contribution in [1.29, 1.82) is 0 Å². The lowest BCUT2D eigenvalue weighted by atomic mass is 10.2. The summed E-state index contributed by atoms with van der Waals surface area (Å²) in [6.07, 6.45) is 0. The van der Waals surface area contributed by atoms with E-state index in [4.69, 9.17) is 16.7 Å². The Morgan fingerprint density at radius 2 is 2.27 bits per heavy atom. The molecule has 0 saturated heterocycles. The van der Waals surface area contributed by atoms with Crippen molar-refractivity contribution >= 4 is 28.6 Å². The summed E-state index contributed by atoms with van der Waals surface area (Å²) in [6.45, 7) is 1.78. The van der Waals surface area contributed by atoms with Crippen LogP contribution >= 0.6 is 11.6 Å². The maximum Gasteiger partial charge on any atom is 0.354 e. The lowest BCUT2D eigenvalue weighted by Gasteiger charge is -1.97. The summed E-state index contributed by atoms with van der Waals surface area (Å²) in [5, 5.41) is 14.0. The first-order valence-corrected chi connectivity index (χ1v) is 4.61. The predicted octanol–water partition coefficient (Wildman–Crippen LogP) is 1.63. The zero-order valence-corrected chi connectivity index (χ0v) is 8.91. The van der Waals surface area contributed by atoms with Crippen LogP contribution in [0.1, 0.15) is 16.1 Å². The van der Waals surface area contributed by atoms with E-state index in [9.17, 15) is 4.79 Å². The fourth-order valence-electron chi connectivity index (χ4n) is 1.44. The van der Waals surface area contributed by atoms with Gasteiger partial charge in [0.25, 0.3) is 0 Å². The first-order valence-electron chi connectivity index (χ1n) is 4.24. The number of carboxylic acid groups (broad SMARTS) is 1. The number of hydrogen-bond donors (Lipinski definition) is 1. The minimum absolute atomic E-state index is 0.0187. The molecule has 2 rings (SSSR count). The number of pyridine rings is 1. The van der Waals surface area contributed by atoms with E-state index in [0.29, 0.717) is 16.2 Å². The molecule has 2 heterocycles. The van der Waals surface area contributed by atoms with Gasteiger partial charge in [0.05, 0.1) is 5.39 Å². The Labute approximate surface area is 90.3 Å². The zero-order valence-electron chi connectivity index (χ0n) is 8.15. The number of rotatable bonds is 1. The number of aromatic nitrogens is 3. The first-order chi connectivity index (χ1) is 7.00. The van der Waals surface area contributed by atoms with Crippen LogP contribution in [0.5, 0.6) is 0 Å². The molecule has 78 valence electrons. The fourth-order valence-corrected chi connectivity index (χ4v) is 1.71. The Hall–Kier alpha value is -1.62. The highest BCUT2D eigenvalue weighted by molar-refractivity contribution is 6.34. The van der Waals surface area contributed by atoms with Crippen molar-refractivity contribution in [2.75, 3.05) is 0 Å². The highest BCUT2D eigenvalue weighted by Crippen LogP contribution is 2.25. The summed E-state index contributed by atoms with van der Waals surface area (Å²) >= 11 is 5.99. The molecule has 0 radical (unpaired) electrons. The Kier molecular flexibility index (Phi) is 2.12. The van der Waals surface area contributed by atoms with Gasteiger partial charge in [-0.3, -0.25) is 4.68 Å². The molecule has 0 fully saturated rings. The molecule has 6 heteroatoms. The van der Waals surface area contributed by atoms with Gasteiger partial charge in [-0.1, -0.05) is 11.6 Å². The predicted molar refractivity (Wildman–Crippen MR) is 55.2 cm³/mol. The summed E-state index contributed by atoms with van der Waals surface area (Å²) in [6, 6.07) is 1.48. The number of carbonyl (C=O) groups is 1. The Morgan fingerprint density at radius 3 is 2.87 bits per heavy atom. The Balaban J connectivity index is 2.84. The van der Waals surface area contributed by atoms with Gasteiger partial charge in [-0.05, 0) is 18.6 Å². The largest absolute Gasteiger partial charge is 0.477 e. The van der Waals surface area contributed by atoms with Crippen LogP contribution in [-0.4, -0.2) is 25.8 Å². The van der Waals surface area contributed by atoms with Crippen molar-refractivity contribution in [3.63, 3.8) is 0 Å². The highest BCUT2D eigenvalue weighted by atomic mass is 35.5. The average Bonchev–Trinajstić information content (AvgIpc) is 2.42. The molecule has 0 aliphatic rings. The van der Waals surface area contributed by atoms with E-state index in [1.807, 2.05) is 0 Å². The van der Waals surface area contributed by atoms with Crippen LogP contribution in [0.25, 0.3) is 11.0 Å². The van der Waals surface area contributed by atoms with Crippen molar-refractivity contribution in [3.05, 3.63) is 22.5 Å². The lowest BCUT2D eigenvalue weighted by molar-refractivity contribution is 0.0691. The normalized spacial score (nSPS) is 10.9. The maximum atomic E-state index is 10.8. The molecule has 0 aliphatic heterocycles. The lowest BCUT2D eigenvalue weighted by Crippen LogP contribution is -2.01. The van der Waals surface area contributed by atoms with Crippen molar-refractivity contribution in [3.8, 4) is 0 Å². The monoisotopic (exact) mass is 225 g/mol. The molecule has 0 saturated carbocycles. The number of aryl methyl sites for hydroxylation is 2. The molecule has 2 aromatic heterocycles. The number of aromatic carboxylic acids is 1. The molecule has 15 heavy (non-hydrogen) atoms. The molecule has 0 aromatic carbocycles. The van der Waals surface area contributed by atoms with E-state index < -0.39 is 5.97 Å². The molecule has 5 nitrogen and oxygen atoms in total. The summed E-state index contributed by atoms with van der Waals surface area (Å²) in [7, 11) is 1.68. The number of halogens is 1. The van der Waals surface area contributed by atoms with E-state index in [0.717, 1.165) is 5.56 Å². The third kappa shape index (κ3) is 1.45. The van der Waals surface area contributed by atoms with Crippen LogP contribution in [0.3, 0.4) is 0 Å².